The van der Waals surface area contributed by atoms with Crippen LogP contribution in [0, 0.1) is 10.8 Å². The van der Waals surface area contributed by atoms with E-state index in [9.17, 15) is 9.59 Å². The molecule has 1 amide bonds. The minimum atomic E-state index is -0.709. The molecule has 0 saturated carbocycles. The van der Waals surface area contributed by atoms with Crippen molar-refractivity contribution in [1.82, 2.24) is 4.90 Å². The first-order valence-electron chi connectivity index (χ1n) is 7.90. The van der Waals surface area contributed by atoms with E-state index in [1.54, 1.807) is 11.8 Å². The van der Waals surface area contributed by atoms with Crippen LogP contribution >= 0.6 is 0 Å². The number of hydrogen-bond acceptors (Lipinski definition) is 6. The fourth-order valence-corrected chi connectivity index (χ4v) is 2.63. The van der Waals surface area contributed by atoms with Crippen LogP contribution in [0.1, 0.15) is 47.0 Å². The highest BCUT2D eigenvalue weighted by molar-refractivity contribution is 5.85. The number of piperidine rings is 1. The second-order valence-electron chi connectivity index (χ2n) is 6.76. The van der Waals surface area contributed by atoms with Gasteiger partial charge in [-0.3, -0.25) is 10.2 Å². The number of hydrogen-bond donors (Lipinski definition) is 1. The molecule has 0 radical (unpaired) electrons. The fourth-order valence-electron chi connectivity index (χ4n) is 2.63. The lowest BCUT2D eigenvalue weighted by Crippen LogP contribution is -2.49. The molecular weight excluding hydrogens is 300 g/mol. The average molecular weight is 328 g/mol. The lowest BCUT2D eigenvalue weighted by Gasteiger charge is -2.40. The zero-order valence-electron chi connectivity index (χ0n) is 14.7. The van der Waals surface area contributed by atoms with E-state index in [2.05, 4.69) is 0 Å². The van der Waals surface area contributed by atoms with Crippen LogP contribution in [0.4, 0.5) is 4.79 Å². The van der Waals surface area contributed by atoms with E-state index >= 15 is 0 Å². The number of rotatable bonds is 4. The Kier molecular flexibility index (Phi) is 6.41. The summed E-state index contributed by atoms with van der Waals surface area (Å²) in [6, 6.07) is 0. The quantitative estimate of drug-likeness (QED) is 0.487. The van der Waals surface area contributed by atoms with Gasteiger partial charge in [0.05, 0.1) is 25.6 Å². The van der Waals surface area contributed by atoms with Gasteiger partial charge in [-0.15, -0.1) is 0 Å². The van der Waals surface area contributed by atoms with Crippen LogP contribution in [0.5, 0.6) is 0 Å². The summed E-state index contributed by atoms with van der Waals surface area (Å²) in [6.07, 6.45) is 0.664. The number of nitrogens with one attached hydrogen (secondary N) is 1. The van der Waals surface area contributed by atoms with Crippen molar-refractivity contribution in [2.75, 3.05) is 26.8 Å². The molecule has 1 saturated heterocycles. The van der Waals surface area contributed by atoms with Crippen LogP contribution < -0.4 is 0 Å². The molecule has 7 nitrogen and oxygen atoms in total. The predicted molar refractivity (Wildman–Crippen MR) is 85.5 cm³/mol. The average Bonchev–Trinajstić information content (AvgIpc) is 2.45. The topological polar surface area (TPSA) is 88.9 Å². The minimum absolute atomic E-state index is 0.0643. The summed E-state index contributed by atoms with van der Waals surface area (Å²) >= 11 is 0. The largest absolute Gasteiger partial charge is 0.484 e. The fraction of sp³-hybridized carbons (Fsp3) is 0.812. The van der Waals surface area contributed by atoms with Gasteiger partial charge in [-0.2, -0.15) is 0 Å². The number of ether oxygens (including phenoxy) is 3. The normalized spacial score (nSPS) is 17.3. The number of esters is 1. The Morgan fingerprint density at radius 3 is 2.22 bits per heavy atom. The molecule has 0 spiro atoms. The second kappa shape index (κ2) is 7.66. The van der Waals surface area contributed by atoms with Gasteiger partial charge in [0.15, 0.2) is 5.90 Å². The van der Waals surface area contributed by atoms with Gasteiger partial charge in [-0.1, -0.05) is 0 Å². The molecule has 132 valence electrons. The van der Waals surface area contributed by atoms with Crippen molar-refractivity contribution < 1.29 is 23.8 Å². The van der Waals surface area contributed by atoms with E-state index in [1.807, 2.05) is 20.8 Å². The van der Waals surface area contributed by atoms with Crippen molar-refractivity contribution in [3.05, 3.63) is 0 Å². The summed E-state index contributed by atoms with van der Waals surface area (Å²) in [4.78, 5) is 25.6. The Morgan fingerprint density at radius 1 is 1.22 bits per heavy atom. The third-order valence-corrected chi connectivity index (χ3v) is 3.85. The molecule has 7 heteroatoms. The molecule has 1 rings (SSSR count). The summed E-state index contributed by atoms with van der Waals surface area (Å²) in [5.41, 5.74) is -1.25. The predicted octanol–water partition coefficient (Wildman–Crippen LogP) is 2.58. The molecule has 1 aliphatic rings. The van der Waals surface area contributed by atoms with Gasteiger partial charge in [0.25, 0.3) is 0 Å². The van der Waals surface area contributed by atoms with E-state index < -0.39 is 11.0 Å². The Labute approximate surface area is 137 Å². The first-order valence-corrected chi connectivity index (χ1v) is 7.90. The summed E-state index contributed by atoms with van der Waals surface area (Å²) in [5.74, 6) is -0.283. The SMILES string of the molecule is CCOC(=O)CC1(C(=N)OC)CCN(C(=O)OC(C)(C)C)CC1. The molecule has 0 aliphatic carbocycles. The van der Waals surface area contributed by atoms with Crippen molar-refractivity contribution in [3.8, 4) is 0 Å². The van der Waals surface area contributed by atoms with Crippen molar-refractivity contribution in [2.45, 2.75) is 52.6 Å². The van der Waals surface area contributed by atoms with Crippen molar-refractivity contribution in [3.63, 3.8) is 0 Å². The highest BCUT2D eigenvalue weighted by atomic mass is 16.6. The first kappa shape index (κ1) is 19.3. The second-order valence-corrected chi connectivity index (χ2v) is 6.76. The van der Waals surface area contributed by atoms with Gasteiger partial charge >= 0.3 is 12.1 Å². The Balaban J connectivity index is 2.74. The number of carbonyl (C=O) groups is 2. The number of amides is 1. The molecule has 1 fully saturated rings. The minimum Gasteiger partial charge on any atom is -0.484 e. The maximum absolute atomic E-state index is 12.1. The van der Waals surface area contributed by atoms with E-state index in [-0.39, 0.29) is 24.4 Å². The molecule has 0 aromatic rings. The van der Waals surface area contributed by atoms with Crippen molar-refractivity contribution >= 4 is 18.0 Å². The molecule has 0 aromatic carbocycles. The van der Waals surface area contributed by atoms with Gasteiger partial charge in [0.1, 0.15) is 5.60 Å². The molecular formula is C16H28N2O5. The maximum atomic E-state index is 12.1. The first-order chi connectivity index (χ1) is 10.6. The number of methoxy groups -OCH3 is 1. The molecule has 23 heavy (non-hydrogen) atoms. The summed E-state index contributed by atoms with van der Waals surface area (Å²) in [6.45, 7) is 8.35. The van der Waals surface area contributed by atoms with Gasteiger partial charge < -0.3 is 19.1 Å². The standard InChI is InChI=1S/C16H28N2O5/c1-6-22-12(19)11-16(13(17)21-5)7-9-18(10-8-16)14(20)23-15(2,3)4/h17H,6-11H2,1-5H3. The van der Waals surface area contributed by atoms with Crippen LogP contribution in [0.25, 0.3) is 0 Å². The molecule has 0 unspecified atom stereocenters. The number of likely N-dealkylation sites (tertiary alicyclic amines) is 1. The zero-order valence-corrected chi connectivity index (χ0v) is 14.7. The van der Waals surface area contributed by atoms with Crippen LogP contribution in [-0.4, -0.2) is 55.3 Å². The molecule has 0 bridgehead atoms. The van der Waals surface area contributed by atoms with E-state index in [0.29, 0.717) is 32.5 Å². The molecule has 1 heterocycles. The number of carbonyl (C=O) groups excluding carboxylic acids is 2. The third-order valence-electron chi connectivity index (χ3n) is 3.85. The van der Waals surface area contributed by atoms with E-state index in [4.69, 9.17) is 19.6 Å². The summed E-state index contributed by atoms with van der Waals surface area (Å²) < 4.78 is 15.5. The lowest BCUT2D eigenvalue weighted by atomic mass is 9.75. The highest BCUT2D eigenvalue weighted by Crippen LogP contribution is 2.37. The Bertz CT molecular complexity index is 448. The van der Waals surface area contributed by atoms with Crippen molar-refractivity contribution in [1.29, 1.82) is 5.41 Å². The summed E-state index contributed by atoms with van der Waals surface area (Å²) in [7, 11) is 1.43. The van der Waals surface area contributed by atoms with Gasteiger partial charge in [-0.05, 0) is 40.5 Å². The van der Waals surface area contributed by atoms with Crippen LogP contribution in [0.15, 0.2) is 0 Å². The molecule has 1 N–H and O–H groups in total. The van der Waals surface area contributed by atoms with Crippen molar-refractivity contribution in [2.24, 2.45) is 5.41 Å². The van der Waals surface area contributed by atoms with Gasteiger partial charge in [-0.25, -0.2) is 4.79 Å². The monoisotopic (exact) mass is 328 g/mol. The third kappa shape index (κ3) is 5.41. The van der Waals surface area contributed by atoms with Crippen LogP contribution in [0.3, 0.4) is 0 Å². The molecule has 1 aliphatic heterocycles. The Hall–Kier alpha value is -1.79. The number of nitrogens with zero attached hydrogens (tertiary/aromatic N) is 1. The Morgan fingerprint density at radius 2 is 1.78 bits per heavy atom. The summed E-state index contributed by atoms with van der Waals surface area (Å²) in [5, 5.41) is 8.06. The van der Waals surface area contributed by atoms with Gasteiger partial charge in [0.2, 0.25) is 0 Å². The maximum Gasteiger partial charge on any atom is 0.410 e. The van der Waals surface area contributed by atoms with Crippen LogP contribution in [-0.2, 0) is 19.0 Å². The highest BCUT2D eigenvalue weighted by Gasteiger charge is 2.43. The smallest absolute Gasteiger partial charge is 0.410 e. The van der Waals surface area contributed by atoms with E-state index in [1.165, 1.54) is 7.11 Å². The molecule has 0 atom stereocenters. The van der Waals surface area contributed by atoms with Crippen LogP contribution in [0.2, 0.25) is 0 Å². The van der Waals surface area contributed by atoms with Gasteiger partial charge in [0, 0.05) is 13.1 Å². The molecule has 0 aromatic heterocycles. The van der Waals surface area contributed by atoms with E-state index in [0.717, 1.165) is 0 Å². The lowest BCUT2D eigenvalue weighted by molar-refractivity contribution is -0.145. The zero-order chi connectivity index (χ0) is 17.7.